The summed E-state index contributed by atoms with van der Waals surface area (Å²) >= 11 is 2.91. The minimum Gasteiger partial charge on any atom is -0.389 e. The van der Waals surface area contributed by atoms with Crippen LogP contribution in [0.5, 0.6) is 0 Å². The highest BCUT2D eigenvalue weighted by atomic mass is 32.2. The quantitative estimate of drug-likeness (QED) is 0.804. The number of hydrogen-bond acceptors (Lipinski definition) is 5. The van der Waals surface area contributed by atoms with Crippen molar-refractivity contribution in [1.82, 2.24) is 10.3 Å². The number of rotatable bonds is 5. The molecule has 122 valence electrons. The molecule has 0 atom stereocenters. The van der Waals surface area contributed by atoms with Crippen LogP contribution in [0, 0.1) is 0 Å². The maximum Gasteiger partial charge on any atom is 0.230 e. The molecule has 1 aliphatic rings. The van der Waals surface area contributed by atoms with Crippen molar-refractivity contribution in [2.75, 3.05) is 11.5 Å². The Bertz CT molecular complexity index is 651. The van der Waals surface area contributed by atoms with E-state index in [1.54, 1.807) is 0 Å². The van der Waals surface area contributed by atoms with Crippen LogP contribution in [0.15, 0.2) is 34.7 Å². The number of benzene rings is 1. The fourth-order valence-corrected chi connectivity index (χ4v) is 4.58. The third-order valence-electron chi connectivity index (χ3n) is 3.98. The molecule has 1 aromatic heterocycles. The van der Waals surface area contributed by atoms with Crippen LogP contribution >= 0.6 is 23.1 Å². The Morgan fingerprint density at radius 3 is 2.74 bits per heavy atom. The van der Waals surface area contributed by atoms with E-state index in [2.05, 4.69) is 10.3 Å². The maximum absolute atomic E-state index is 12.1. The molecule has 0 spiro atoms. The van der Waals surface area contributed by atoms with E-state index < -0.39 is 0 Å². The second kappa shape index (κ2) is 7.84. The van der Waals surface area contributed by atoms with Crippen LogP contribution in [0.2, 0.25) is 0 Å². The molecule has 0 aliphatic heterocycles. The summed E-state index contributed by atoms with van der Waals surface area (Å²) in [5.74, 6) is 0.495. The van der Waals surface area contributed by atoms with Gasteiger partial charge in [-0.05, 0) is 12.8 Å². The third kappa shape index (κ3) is 4.48. The van der Waals surface area contributed by atoms with E-state index in [-0.39, 0.29) is 5.91 Å². The molecule has 4 nitrogen and oxygen atoms in total. The van der Waals surface area contributed by atoms with Crippen LogP contribution in [-0.4, -0.2) is 22.7 Å². The van der Waals surface area contributed by atoms with Crippen LogP contribution in [0.25, 0.3) is 11.3 Å². The van der Waals surface area contributed by atoms with Gasteiger partial charge in [-0.1, -0.05) is 72.7 Å². The van der Waals surface area contributed by atoms with Gasteiger partial charge in [-0.2, -0.15) is 0 Å². The summed E-state index contributed by atoms with van der Waals surface area (Å²) in [6.07, 6.45) is 5.96. The third-order valence-corrected chi connectivity index (χ3v) is 6.01. The Labute approximate surface area is 144 Å². The van der Waals surface area contributed by atoms with E-state index in [4.69, 9.17) is 5.73 Å². The van der Waals surface area contributed by atoms with Gasteiger partial charge in [0.2, 0.25) is 5.91 Å². The molecular weight excluding hydrogens is 326 g/mol. The monoisotopic (exact) mass is 347 g/mol. The topological polar surface area (TPSA) is 68.0 Å². The Kier molecular flexibility index (Phi) is 5.56. The number of anilines is 1. The van der Waals surface area contributed by atoms with E-state index in [0.29, 0.717) is 16.8 Å². The molecule has 0 bridgehead atoms. The second-order valence-corrected chi connectivity index (χ2v) is 8.00. The molecule has 1 amide bonds. The van der Waals surface area contributed by atoms with Crippen LogP contribution in [0.1, 0.15) is 32.1 Å². The first-order valence-electron chi connectivity index (χ1n) is 7.96. The minimum atomic E-state index is 0.0944. The number of hydrogen-bond donors (Lipinski definition) is 2. The summed E-state index contributed by atoms with van der Waals surface area (Å²) in [6.45, 7) is 0. The van der Waals surface area contributed by atoms with Gasteiger partial charge in [0.25, 0.3) is 0 Å². The van der Waals surface area contributed by atoms with Crippen molar-refractivity contribution in [2.45, 2.75) is 42.5 Å². The minimum absolute atomic E-state index is 0.0944. The zero-order chi connectivity index (χ0) is 16.1. The normalized spacial score (nSPS) is 15.5. The number of carbonyl (C=O) groups excluding carboxylic acids is 1. The van der Waals surface area contributed by atoms with Crippen LogP contribution in [0.3, 0.4) is 0 Å². The van der Waals surface area contributed by atoms with E-state index >= 15 is 0 Å². The highest BCUT2D eigenvalue weighted by Crippen LogP contribution is 2.35. The number of nitrogens with two attached hydrogens (primary N) is 1. The van der Waals surface area contributed by atoms with Crippen LogP contribution in [0.4, 0.5) is 5.00 Å². The Hall–Kier alpha value is -1.53. The van der Waals surface area contributed by atoms with Gasteiger partial charge in [-0.15, -0.1) is 0 Å². The van der Waals surface area contributed by atoms with Gasteiger partial charge in [0.05, 0.1) is 5.75 Å². The summed E-state index contributed by atoms with van der Waals surface area (Å²) in [4.78, 5) is 16.6. The van der Waals surface area contributed by atoms with Gasteiger partial charge < -0.3 is 11.1 Å². The van der Waals surface area contributed by atoms with Crippen molar-refractivity contribution in [1.29, 1.82) is 0 Å². The molecule has 1 heterocycles. The lowest BCUT2D eigenvalue weighted by Gasteiger charge is -2.22. The standard InChI is InChI=1S/C17H21N3OS2/c18-16-15(12-7-3-1-4-8-12)20-17(23-16)22-11-14(21)19-13-9-5-2-6-10-13/h1,3-4,7-8,13H,2,5-6,9-11,18H2,(H,19,21). The number of thiazole rings is 1. The molecule has 0 radical (unpaired) electrons. The van der Waals surface area contributed by atoms with Gasteiger partial charge >= 0.3 is 0 Å². The number of carbonyl (C=O) groups is 1. The van der Waals surface area contributed by atoms with Crippen molar-refractivity contribution >= 4 is 34.0 Å². The SMILES string of the molecule is Nc1sc(SCC(=O)NC2CCCCC2)nc1-c1ccccc1. The number of aromatic nitrogens is 1. The largest absolute Gasteiger partial charge is 0.389 e. The van der Waals surface area contributed by atoms with E-state index in [1.807, 2.05) is 30.3 Å². The average molecular weight is 348 g/mol. The van der Waals surface area contributed by atoms with Gasteiger partial charge in [0.15, 0.2) is 4.34 Å². The van der Waals surface area contributed by atoms with E-state index in [0.717, 1.165) is 28.4 Å². The molecule has 1 aliphatic carbocycles. The first-order chi connectivity index (χ1) is 11.2. The molecule has 1 fully saturated rings. The van der Waals surface area contributed by atoms with Crippen molar-refractivity contribution in [2.24, 2.45) is 0 Å². The van der Waals surface area contributed by atoms with Gasteiger partial charge in [-0.25, -0.2) is 4.98 Å². The van der Waals surface area contributed by atoms with Crippen LogP contribution in [-0.2, 0) is 4.79 Å². The molecule has 3 rings (SSSR count). The Morgan fingerprint density at radius 1 is 1.26 bits per heavy atom. The zero-order valence-electron chi connectivity index (χ0n) is 13.0. The number of amides is 1. The van der Waals surface area contributed by atoms with Gasteiger partial charge in [0, 0.05) is 11.6 Å². The molecule has 23 heavy (non-hydrogen) atoms. The highest BCUT2D eigenvalue weighted by Gasteiger charge is 2.17. The molecule has 0 saturated heterocycles. The fourth-order valence-electron chi connectivity index (χ4n) is 2.82. The summed E-state index contributed by atoms with van der Waals surface area (Å²) in [5, 5.41) is 3.83. The average Bonchev–Trinajstić information content (AvgIpc) is 2.96. The lowest BCUT2D eigenvalue weighted by atomic mass is 9.95. The molecule has 0 unspecified atom stereocenters. The van der Waals surface area contributed by atoms with Crippen molar-refractivity contribution < 1.29 is 4.79 Å². The maximum atomic E-state index is 12.1. The van der Waals surface area contributed by atoms with Crippen LogP contribution < -0.4 is 11.1 Å². The number of thioether (sulfide) groups is 1. The predicted molar refractivity (Wildman–Crippen MR) is 97.7 cm³/mol. The zero-order valence-corrected chi connectivity index (χ0v) is 14.6. The first-order valence-corrected chi connectivity index (χ1v) is 9.76. The highest BCUT2D eigenvalue weighted by molar-refractivity contribution is 8.01. The lowest BCUT2D eigenvalue weighted by molar-refractivity contribution is -0.119. The van der Waals surface area contributed by atoms with E-state index in [1.165, 1.54) is 42.4 Å². The second-order valence-electron chi connectivity index (χ2n) is 5.75. The Morgan fingerprint density at radius 2 is 2.00 bits per heavy atom. The molecule has 6 heteroatoms. The predicted octanol–water partition coefficient (Wildman–Crippen LogP) is 3.93. The first kappa shape index (κ1) is 16.3. The van der Waals surface area contributed by atoms with E-state index in [9.17, 15) is 4.79 Å². The van der Waals surface area contributed by atoms with Gasteiger partial charge in [0.1, 0.15) is 10.7 Å². The number of nitrogens with one attached hydrogen (secondary N) is 1. The molecule has 2 aromatic rings. The lowest BCUT2D eigenvalue weighted by Crippen LogP contribution is -2.37. The molecule has 3 N–H and O–H groups in total. The van der Waals surface area contributed by atoms with Crippen molar-refractivity contribution in [3.8, 4) is 11.3 Å². The number of nitrogens with zero attached hydrogens (tertiary/aromatic N) is 1. The summed E-state index contributed by atoms with van der Waals surface area (Å²) in [7, 11) is 0. The number of nitrogen functional groups attached to an aromatic ring is 1. The molecule has 1 aromatic carbocycles. The van der Waals surface area contributed by atoms with Gasteiger partial charge in [-0.3, -0.25) is 4.79 Å². The summed E-state index contributed by atoms with van der Waals surface area (Å²) in [5.41, 5.74) is 7.90. The molecule has 1 saturated carbocycles. The summed E-state index contributed by atoms with van der Waals surface area (Å²) < 4.78 is 0.847. The molecular formula is C17H21N3OS2. The van der Waals surface area contributed by atoms with Crippen molar-refractivity contribution in [3.63, 3.8) is 0 Å². The smallest absolute Gasteiger partial charge is 0.230 e. The Balaban J connectivity index is 1.55. The fraction of sp³-hybridized carbons (Fsp3) is 0.412. The summed E-state index contributed by atoms with van der Waals surface area (Å²) in [6, 6.07) is 10.3. The van der Waals surface area contributed by atoms with Crippen molar-refractivity contribution in [3.05, 3.63) is 30.3 Å².